The predicted octanol–water partition coefficient (Wildman–Crippen LogP) is 6.44. The van der Waals surface area contributed by atoms with Gasteiger partial charge in [0.05, 0.1) is 16.3 Å². The molecule has 0 amide bonds. The Balaban J connectivity index is 1.61. The van der Waals surface area contributed by atoms with E-state index in [1.807, 2.05) is 39.0 Å². The van der Waals surface area contributed by atoms with Gasteiger partial charge in [-0.3, -0.25) is 0 Å². The lowest BCUT2D eigenvalue weighted by Crippen LogP contribution is -2.10. The van der Waals surface area contributed by atoms with E-state index in [0.29, 0.717) is 17.1 Å². The minimum Gasteiger partial charge on any atom is -0.487 e. The summed E-state index contributed by atoms with van der Waals surface area (Å²) in [7, 11) is 0. The molecule has 6 nitrogen and oxygen atoms in total. The van der Waals surface area contributed by atoms with Gasteiger partial charge >= 0.3 is 5.97 Å². The first-order valence-corrected chi connectivity index (χ1v) is 11.1. The Labute approximate surface area is 201 Å². The first-order chi connectivity index (χ1) is 16.3. The molecule has 1 aromatic heterocycles. The van der Waals surface area contributed by atoms with Crippen LogP contribution < -0.4 is 4.74 Å². The van der Waals surface area contributed by atoms with Crippen LogP contribution in [0, 0.1) is 12.7 Å². The molecule has 4 rings (SSSR count). The second kappa shape index (κ2) is 9.65. The molecule has 0 bridgehead atoms. The van der Waals surface area contributed by atoms with E-state index in [0.717, 1.165) is 16.7 Å². The van der Waals surface area contributed by atoms with Gasteiger partial charge in [-0.25, -0.2) is 13.9 Å². The number of aromatic carboxylic acids is 1. The van der Waals surface area contributed by atoms with Gasteiger partial charge in [0.15, 0.2) is 0 Å². The molecule has 0 radical (unpaired) electrons. The summed E-state index contributed by atoms with van der Waals surface area (Å²) in [6.45, 7) is 6.04. The lowest BCUT2D eigenvalue weighted by Gasteiger charge is -2.14. The molecule has 0 aliphatic carbocycles. The minimum absolute atomic E-state index is 0.0517. The first-order valence-electron chi connectivity index (χ1n) is 10.7. The van der Waals surface area contributed by atoms with Crippen LogP contribution in [0.2, 0.25) is 5.02 Å². The smallest absolute Gasteiger partial charge is 0.335 e. The highest BCUT2D eigenvalue weighted by molar-refractivity contribution is 6.32. The molecule has 0 aliphatic heterocycles. The van der Waals surface area contributed by atoms with E-state index >= 15 is 0 Å². The van der Waals surface area contributed by atoms with Gasteiger partial charge in [0.25, 0.3) is 0 Å². The van der Waals surface area contributed by atoms with Crippen molar-refractivity contribution >= 4 is 17.6 Å². The van der Waals surface area contributed by atoms with Gasteiger partial charge < -0.3 is 9.84 Å². The van der Waals surface area contributed by atoms with Crippen molar-refractivity contribution in [2.75, 3.05) is 0 Å². The number of hydrogen-bond donors (Lipinski definition) is 1. The first kappa shape index (κ1) is 23.4. The highest BCUT2D eigenvalue weighted by Crippen LogP contribution is 2.30. The van der Waals surface area contributed by atoms with Crippen LogP contribution in [0.1, 0.15) is 47.1 Å². The SMILES string of the molecule is Cc1cc(OCc2c(C(C)C)nnn2-c2c(F)cccc2Cl)ccc1-c1ccc(C(=O)O)cc1. The number of ether oxygens (including phenoxy) is 1. The third kappa shape index (κ3) is 4.65. The van der Waals surface area contributed by atoms with Crippen molar-refractivity contribution in [1.29, 1.82) is 0 Å². The van der Waals surface area contributed by atoms with Crippen molar-refractivity contribution in [1.82, 2.24) is 15.0 Å². The highest BCUT2D eigenvalue weighted by atomic mass is 35.5. The maximum atomic E-state index is 14.6. The Morgan fingerprint density at radius 1 is 1.15 bits per heavy atom. The zero-order valence-electron chi connectivity index (χ0n) is 18.9. The van der Waals surface area contributed by atoms with Gasteiger partial charge in [-0.05, 0) is 65.9 Å². The van der Waals surface area contributed by atoms with Crippen molar-refractivity contribution in [2.24, 2.45) is 0 Å². The van der Waals surface area contributed by atoms with Crippen molar-refractivity contribution in [3.05, 3.63) is 94.0 Å². The van der Waals surface area contributed by atoms with Crippen molar-refractivity contribution in [3.8, 4) is 22.6 Å². The van der Waals surface area contributed by atoms with E-state index in [-0.39, 0.29) is 28.8 Å². The Hall–Kier alpha value is -3.71. The molecule has 0 fully saturated rings. The third-order valence-electron chi connectivity index (χ3n) is 5.51. The van der Waals surface area contributed by atoms with Gasteiger partial charge in [0, 0.05) is 0 Å². The fourth-order valence-corrected chi connectivity index (χ4v) is 4.00. The van der Waals surface area contributed by atoms with E-state index in [2.05, 4.69) is 10.3 Å². The third-order valence-corrected chi connectivity index (χ3v) is 5.81. The summed E-state index contributed by atoms with van der Waals surface area (Å²) in [5, 5.41) is 17.7. The molecule has 174 valence electrons. The van der Waals surface area contributed by atoms with Crippen LogP contribution in [0.15, 0.2) is 60.7 Å². The maximum absolute atomic E-state index is 14.6. The number of rotatable bonds is 7. The maximum Gasteiger partial charge on any atom is 0.335 e. The molecule has 0 saturated heterocycles. The molecular formula is C26H23ClFN3O3. The molecule has 8 heteroatoms. The lowest BCUT2D eigenvalue weighted by molar-refractivity contribution is 0.0697. The summed E-state index contributed by atoms with van der Waals surface area (Å²) in [4.78, 5) is 11.1. The van der Waals surface area contributed by atoms with Crippen molar-refractivity contribution in [2.45, 2.75) is 33.3 Å². The van der Waals surface area contributed by atoms with Crippen LogP contribution in [0.25, 0.3) is 16.8 Å². The molecule has 0 spiro atoms. The number of nitrogens with zero attached hydrogens (tertiary/aromatic N) is 3. The number of para-hydroxylation sites is 1. The molecule has 3 aromatic carbocycles. The summed E-state index contributed by atoms with van der Waals surface area (Å²) in [5.41, 5.74) is 4.54. The van der Waals surface area contributed by atoms with E-state index in [4.69, 9.17) is 21.4 Å². The standard InChI is InChI=1S/C26H23ClFN3O3/c1-15(2)24-23(31(30-29-24)25-21(27)5-4-6-22(25)28)14-34-19-11-12-20(16(3)13-19)17-7-9-18(10-8-17)26(32)33/h4-13,15H,14H2,1-3H3,(H,32,33). The van der Waals surface area contributed by atoms with Crippen LogP contribution >= 0.6 is 11.6 Å². The molecular weight excluding hydrogens is 457 g/mol. The largest absolute Gasteiger partial charge is 0.487 e. The fraction of sp³-hybridized carbons (Fsp3) is 0.192. The van der Waals surface area contributed by atoms with Gasteiger partial charge in [0.1, 0.15) is 29.6 Å². The Morgan fingerprint density at radius 2 is 1.88 bits per heavy atom. The Kier molecular flexibility index (Phi) is 6.65. The van der Waals surface area contributed by atoms with Crippen LogP contribution in [-0.4, -0.2) is 26.1 Å². The quantitative estimate of drug-likeness (QED) is 0.330. The number of carboxylic acid groups (broad SMARTS) is 1. The van der Waals surface area contributed by atoms with Crippen LogP contribution in [0.4, 0.5) is 4.39 Å². The molecule has 1 N–H and O–H groups in total. The molecule has 0 atom stereocenters. The average molecular weight is 480 g/mol. The van der Waals surface area contributed by atoms with Crippen LogP contribution in [-0.2, 0) is 6.61 Å². The summed E-state index contributed by atoms with van der Waals surface area (Å²) in [5.74, 6) is -0.775. The number of halogens is 2. The van der Waals surface area contributed by atoms with Gasteiger partial charge in [0.2, 0.25) is 0 Å². The van der Waals surface area contributed by atoms with E-state index in [9.17, 15) is 9.18 Å². The number of aryl methyl sites for hydroxylation is 1. The zero-order chi connectivity index (χ0) is 24.4. The summed E-state index contributed by atoms with van der Waals surface area (Å²) < 4.78 is 22.0. The number of hydrogen-bond acceptors (Lipinski definition) is 4. The molecule has 0 saturated carbocycles. The second-order valence-electron chi connectivity index (χ2n) is 8.21. The highest BCUT2D eigenvalue weighted by Gasteiger charge is 2.21. The summed E-state index contributed by atoms with van der Waals surface area (Å²) in [6.07, 6.45) is 0. The predicted molar refractivity (Wildman–Crippen MR) is 128 cm³/mol. The average Bonchev–Trinajstić information content (AvgIpc) is 3.21. The van der Waals surface area contributed by atoms with Crippen LogP contribution in [0.3, 0.4) is 0 Å². The van der Waals surface area contributed by atoms with Gasteiger partial charge in [-0.1, -0.05) is 54.9 Å². The summed E-state index contributed by atoms with van der Waals surface area (Å²) >= 11 is 6.26. The number of aromatic nitrogens is 3. The second-order valence-corrected chi connectivity index (χ2v) is 8.61. The molecule has 4 aromatic rings. The number of benzene rings is 3. The Bertz CT molecular complexity index is 1330. The molecule has 0 aliphatic rings. The molecule has 0 unspecified atom stereocenters. The normalized spacial score (nSPS) is 11.1. The van der Waals surface area contributed by atoms with E-state index in [1.54, 1.807) is 30.3 Å². The minimum atomic E-state index is -0.960. The van der Waals surface area contributed by atoms with E-state index in [1.165, 1.54) is 16.8 Å². The topological polar surface area (TPSA) is 77.2 Å². The molecule has 1 heterocycles. The summed E-state index contributed by atoms with van der Waals surface area (Å²) in [6, 6.07) is 16.9. The van der Waals surface area contributed by atoms with Crippen molar-refractivity contribution < 1.29 is 19.0 Å². The van der Waals surface area contributed by atoms with E-state index < -0.39 is 11.8 Å². The number of carbonyl (C=O) groups is 1. The zero-order valence-corrected chi connectivity index (χ0v) is 19.7. The van der Waals surface area contributed by atoms with Crippen LogP contribution in [0.5, 0.6) is 5.75 Å². The fourth-order valence-electron chi connectivity index (χ4n) is 3.76. The van der Waals surface area contributed by atoms with Gasteiger partial charge in [-0.15, -0.1) is 5.10 Å². The molecule has 34 heavy (non-hydrogen) atoms. The number of carboxylic acids is 1. The monoisotopic (exact) mass is 479 g/mol. The lowest BCUT2D eigenvalue weighted by atomic mass is 9.99. The Morgan fingerprint density at radius 3 is 2.50 bits per heavy atom. The van der Waals surface area contributed by atoms with Gasteiger partial charge in [-0.2, -0.15) is 0 Å². The van der Waals surface area contributed by atoms with Crippen molar-refractivity contribution in [3.63, 3.8) is 0 Å².